The molecule has 0 aliphatic rings. The van der Waals surface area contributed by atoms with E-state index in [1.807, 2.05) is 0 Å². The van der Waals surface area contributed by atoms with Gasteiger partial charge in [0.25, 0.3) is 0 Å². The second-order valence-corrected chi connectivity index (χ2v) is 3.64. The van der Waals surface area contributed by atoms with Crippen LogP contribution in [0, 0.1) is 0 Å². The van der Waals surface area contributed by atoms with E-state index < -0.39 is 23.9 Å². The van der Waals surface area contributed by atoms with Gasteiger partial charge in [0.2, 0.25) is 0 Å². The Hall–Kier alpha value is -1.07. The smallest absolute Gasteiger partial charge is 0.387 e. The Labute approximate surface area is 91.9 Å². The number of aliphatic hydroxyl groups excluding tert-OH is 1. The van der Waals surface area contributed by atoms with Crippen LogP contribution in [0.5, 0.6) is 0 Å². The first-order valence-electron chi connectivity index (χ1n) is 4.97. The molecule has 1 aromatic rings. The molecule has 0 aromatic heterocycles. The molecular formula is C11H14F3NO. The zero-order valence-electron chi connectivity index (χ0n) is 8.83. The lowest BCUT2D eigenvalue weighted by atomic mass is 10.00. The molecule has 0 aliphatic carbocycles. The van der Waals surface area contributed by atoms with E-state index in [0.29, 0.717) is 12.0 Å². The lowest BCUT2D eigenvalue weighted by Crippen LogP contribution is -2.27. The highest BCUT2D eigenvalue weighted by Gasteiger charge is 2.30. The highest BCUT2D eigenvalue weighted by molar-refractivity contribution is 5.26. The van der Waals surface area contributed by atoms with Crippen molar-refractivity contribution in [1.29, 1.82) is 0 Å². The highest BCUT2D eigenvalue weighted by Crippen LogP contribution is 2.30. The van der Waals surface area contributed by atoms with Crippen LogP contribution >= 0.6 is 0 Å². The quantitative estimate of drug-likeness (QED) is 0.842. The predicted molar refractivity (Wildman–Crippen MR) is 54.7 cm³/mol. The third-order valence-corrected chi connectivity index (χ3v) is 2.46. The van der Waals surface area contributed by atoms with Gasteiger partial charge in [-0.15, -0.1) is 0 Å². The van der Waals surface area contributed by atoms with E-state index >= 15 is 0 Å². The van der Waals surface area contributed by atoms with Crippen molar-refractivity contribution < 1.29 is 18.3 Å². The van der Waals surface area contributed by atoms with E-state index in [1.54, 1.807) is 6.92 Å². The largest absolute Gasteiger partial charge is 0.416 e. The van der Waals surface area contributed by atoms with Crippen molar-refractivity contribution in [2.45, 2.75) is 31.7 Å². The number of aliphatic hydroxyl groups is 1. The molecule has 0 radical (unpaired) electrons. The average molecular weight is 233 g/mol. The van der Waals surface area contributed by atoms with Crippen molar-refractivity contribution >= 4 is 0 Å². The fourth-order valence-corrected chi connectivity index (χ4v) is 1.34. The Bertz CT molecular complexity index is 334. The summed E-state index contributed by atoms with van der Waals surface area (Å²) in [6, 6.07) is 3.94. The molecular weight excluding hydrogens is 219 g/mol. The van der Waals surface area contributed by atoms with Gasteiger partial charge in [0.15, 0.2) is 0 Å². The van der Waals surface area contributed by atoms with Crippen LogP contribution in [-0.2, 0) is 6.18 Å². The first-order valence-corrected chi connectivity index (χ1v) is 4.97. The number of hydrogen-bond donors (Lipinski definition) is 2. The summed E-state index contributed by atoms with van der Waals surface area (Å²) in [5.41, 5.74) is 5.28. The summed E-state index contributed by atoms with van der Waals surface area (Å²) in [6.45, 7) is 1.80. The molecule has 5 heteroatoms. The number of nitrogens with two attached hydrogens (primary N) is 1. The minimum Gasteiger partial charge on any atom is -0.387 e. The van der Waals surface area contributed by atoms with E-state index in [4.69, 9.17) is 5.73 Å². The van der Waals surface area contributed by atoms with Crippen LogP contribution < -0.4 is 5.73 Å². The van der Waals surface area contributed by atoms with Gasteiger partial charge in [-0.1, -0.05) is 19.1 Å². The molecule has 0 saturated heterocycles. The van der Waals surface area contributed by atoms with Crippen molar-refractivity contribution in [2.24, 2.45) is 5.73 Å². The topological polar surface area (TPSA) is 46.2 Å². The Morgan fingerprint density at radius 2 is 1.75 bits per heavy atom. The van der Waals surface area contributed by atoms with Gasteiger partial charge in [0, 0.05) is 6.04 Å². The molecule has 0 heterocycles. The molecule has 0 amide bonds. The summed E-state index contributed by atoms with van der Waals surface area (Å²) in [5, 5.41) is 9.68. The molecule has 0 bridgehead atoms. The number of benzene rings is 1. The number of rotatable bonds is 3. The summed E-state index contributed by atoms with van der Waals surface area (Å²) in [5.74, 6) is 0. The maximum atomic E-state index is 12.3. The molecule has 2 nitrogen and oxygen atoms in total. The van der Waals surface area contributed by atoms with Crippen molar-refractivity contribution in [3.63, 3.8) is 0 Å². The maximum absolute atomic E-state index is 12.3. The first-order chi connectivity index (χ1) is 7.36. The van der Waals surface area contributed by atoms with Gasteiger partial charge in [0.1, 0.15) is 0 Å². The number of halogens is 3. The molecule has 1 rings (SSSR count). The molecule has 1 aromatic carbocycles. The van der Waals surface area contributed by atoms with Gasteiger partial charge >= 0.3 is 6.18 Å². The molecule has 2 unspecified atom stereocenters. The van der Waals surface area contributed by atoms with E-state index in [-0.39, 0.29) is 0 Å². The van der Waals surface area contributed by atoms with E-state index in [2.05, 4.69) is 0 Å². The third kappa shape index (κ3) is 2.96. The molecule has 16 heavy (non-hydrogen) atoms. The minimum atomic E-state index is -4.35. The summed E-state index contributed by atoms with van der Waals surface area (Å²) in [6.07, 6.45) is -4.72. The number of alkyl halides is 3. The van der Waals surface area contributed by atoms with Crippen LogP contribution in [0.3, 0.4) is 0 Å². The van der Waals surface area contributed by atoms with Crippen LogP contribution in [-0.4, -0.2) is 11.1 Å². The lowest BCUT2D eigenvalue weighted by molar-refractivity contribution is -0.137. The predicted octanol–water partition coefficient (Wildman–Crippen LogP) is 2.48. The minimum absolute atomic E-state index is 0.405. The third-order valence-electron chi connectivity index (χ3n) is 2.46. The Balaban J connectivity index is 2.87. The second kappa shape index (κ2) is 4.84. The van der Waals surface area contributed by atoms with Crippen molar-refractivity contribution in [3.05, 3.63) is 35.4 Å². The SMILES string of the molecule is CCC(N)C(O)c1ccc(C(F)(F)F)cc1. The fourth-order valence-electron chi connectivity index (χ4n) is 1.34. The summed E-state index contributed by atoms with van der Waals surface area (Å²) < 4.78 is 36.8. The van der Waals surface area contributed by atoms with E-state index in [0.717, 1.165) is 12.1 Å². The van der Waals surface area contributed by atoms with Gasteiger partial charge in [-0.3, -0.25) is 0 Å². The molecule has 90 valence electrons. The van der Waals surface area contributed by atoms with Crippen LogP contribution in [0.1, 0.15) is 30.6 Å². The van der Waals surface area contributed by atoms with Crippen molar-refractivity contribution in [1.82, 2.24) is 0 Å². The van der Waals surface area contributed by atoms with E-state index in [9.17, 15) is 18.3 Å². The Kier molecular flexibility index (Phi) is 3.93. The molecule has 0 fully saturated rings. The first kappa shape index (κ1) is 13.0. The Morgan fingerprint density at radius 3 is 2.12 bits per heavy atom. The van der Waals surface area contributed by atoms with Gasteiger partial charge in [-0.05, 0) is 24.1 Å². The van der Waals surface area contributed by atoms with Gasteiger partial charge in [-0.25, -0.2) is 0 Å². The Morgan fingerprint density at radius 1 is 1.25 bits per heavy atom. The maximum Gasteiger partial charge on any atom is 0.416 e. The van der Waals surface area contributed by atoms with E-state index in [1.165, 1.54) is 12.1 Å². The van der Waals surface area contributed by atoms with Crippen molar-refractivity contribution in [2.75, 3.05) is 0 Å². The summed E-state index contributed by atoms with van der Waals surface area (Å²) in [7, 11) is 0. The van der Waals surface area contributed by atoms with Crippen molar-refractivity contribution in [3.8, 4) is 0 Å². The molecule has 0 saturated carbocycles. The summed E-state index contributed by atoms with van der Waals surface area (Å²) >= 11 is 0. The second-order valence-electron chi connectivity index (χ2n) is 3.64. The van der Waals surface area contributed by atoms with Crippen LogP contribution in [0.15, 0.2) is 24.3 Å². The molecule has 2 atom stereocenters. The summed E-state index contributed by atoms with van der Waals surface area (Å²) in [4.78, 5) is 0. The standard InChI is InChI=1S/C11H14F3NO/c1-2-9(15)10(16)7-3-5-8(6-4-7)11(12,13)14/h3-6,9-10,16H,2,15H2,1H3. The number of hydrogen-bond acceptors (Lipinski definition) is 2. The van der Waals surface area contributed by atoms with Crippen LogP contribution in [0.25, 0.3) is 0 Å². The lowest BCUT2D eigenvalue weighted by Gasteiger charge is -2.18. The van der Waals surface area contributed by atoms with Crippen LogP contribution in [0.4, 0.5) is 13.2 Å². The van der Waals surface area contributed by atoms with Gasteiger partial charge in [-0.2, -0.15) is 13.2 Å². The highest BCUT2D eigenvalue weighted by atomic mass is 19.4. The van der Waals surface area contributed by atoms with Gasteiger partial charge < -0.3 is 10.8 Å². The fraction of sp³-hybridized carbons (Fsp3) is 0.455. The monoisotopic (exact) mass is 233 g/mol. The van der Waals surface area contributed by atoms with Gasteiger partial charge in [0.05, 0.1) is 11.7 Å². The molecule has 0 aliphatic heterocycles. The molecule has 0 spiro atoms. The average Bonchev–Trinajstić information content (AvgIpc) is 2.26. The zero-order chi connectivity index (χ0) is 12.3. The zero-order valence-corrected chi connectivity index (χ0v) is 8.83. The molecule has 3 N–H and O–H groups in total. The normalized spacial score (nSPS) is 15.9. The van der Waals surface area contributed by atoms with Crippen LogP contribution in [0.2, 0.25) is 0 Å².